The van der Waals surface area contributed by atoms with E-state index < -0.39 is 6.10 Å². The van der Waals surface area contributed by atoms with Gasteiger partial charge < -0.3 is 20.5 Å². The number of hydrogen-bond donors (Lipinski definition) is 4. The molecule has 3 aromatic rings. The SMILES string of the molecule is [CH2]c1cccc(CCNC[C@H](O)c2ccc(O)c3[nH]c(=O)ccc23)c1. The first kappa shape index (κ1) is 17.2. The highest BCUT2D eigenvalue weighted by atomic mass is 16.3. The number of aliphatic hydroxyl groups excluding tert-OH is 1. The molecule has 0 aliphatic heterocycles. The Morgan fingerprint density at radius 1 is 1.16 bits per heavy atom. The fourth-order valence-corrected chi connectivity index (χ4v) is 2.92. The van der Waals surface area contributed by atoms with Crippen molar-refractivity contribution in [1.82, 2.24) is 10.3 Å². The molecule has 0 bridgehead atoms. The summed E-state index contributed by atoms with van der Waals surface area (Å²) in [5.74, 6) is -0.00957. The van der Waals surface area contributed by atoms with Gasteiger partial charge in [-0.1, -0.05) is 30.3 Å². The predicted molar refractivity (Wildman–Crippen MR) is 98.7 cm³/mol. The van der Waals surface area contributed by atoms with Crippen molar-refractivity contribution in [3.8, 4) is 5.75 Å². The summed E-state index contributed by atoms with van der Waals surface area (Å²) in [6.07, 6.45) is 0.105. The number of fused-ring (bicyclic) bond motifs is 1. The Morgan fingerprint density at radius 3 is 2.80 bits per heavy atom. The van der Waals surface area contributed by atoms with Gasteiger partial charge in [-0.2, -0.15) is 0 Å². The number of pyridine rings is 1. The van der Waals surface area contributed by atoms with Crippen molar-refractivity contribution in [2.75, 3.05) is 13.1 Å². The molecular formula is C20H21N2O3. The number of hydrogen-bond acceptors (Lipinski definition) is 4. The summed E-state index contributed by atoms with van der Waals surface area (Å²) in [6, 6.07) is 14.2. The second-order valence-corrected chi connectivity index (χ2v) is 6.08. The van der Waals surface area contributed by atoms with Crippen LogP contribution < -0.4 is 10.9 Å². The number of aliphatic hydroxyl groups is 1. The molecular weight excluding hydrogens is 316 g/mol. The van der Waals surface area contributed by atoms with Gasteiger partial charge >= 0.3 is 0 Å². The molecule has 5 nitrogen and oxygen atoms in total. The van der Waals surface area contributed by atoms with Crippen molar-refractivity contribution in [2.24, 2.45) is 0 Å². The smallest absolute Gasteiger partial charge is 0.248 e. The quantitative estimate of drug-likeness (QED) is 0.520. The van der Waals surface area contributed by atoms with Gasteiger partial charge in [-0.05, 0) is 48.7 Å². The summed E-state index contributed by atoms with van der Waals surface area (Å²) in [4.78, 5) is 14.0. The first-order valence-electron chi connectivity index (χ1n) is 8.19. The lowest BCUT2D eigenvalue weighted by molar-refractivity contribution is 0.176. The molecule has 1 radical (unpaired) electrons. The van der Waals surface area contributed by atoms with Crippen LogP contribution in [0.25, 0.3) is 10.9 Å². The maximum Gasteiger partial charge on any atom is 0.248 e. The summed E-state index contributed by atoms with van der Waals surface area (Å²) in [5, 5.41) is 24.2. The fourth-order valence-electron chi connectivity index (χ4n) is 2.92. The number of aromatic amines is 1. The molecule has 1 heterocycles. The Hall–Kier alpha value is -2.63. The van der Waals surface area contributed by atoms with Crippen molar-refractivity contribution in [3.05, 3.63) is 82.5 Å². The summed E-state index contributed by atoms with van der Waals surface area (Å²) in [5.41, 5.74) is 2.90. The van der Waals surface area contributed by atoms with Crippen molar-refractivity contribution in [1.29, 1.82) is 0 Å². The molecule has 0 fully saturated rings. The van der Waals surface area contributed by atoms with E-state index in [1.54, 1.807) is 12.1 Å². The number of aromatic hydroxyl groups is 1. The molecule has 0 spiro atoms. The molecule has 0 amide bonds. The molecule has 129 valence electrons. The van der Waals surface area contributed by atoms with Crippen molar-refractivity contribution in [3.63, 3.8) is 0 Å². The van der Waals surface area contributed by atoms with Crippen LogP contribution in [-0.4, -0.2) is 28.3 Å². The van der Waals surface area contributed by atoms with E-state index in [4.69, 9.17) is 0 Å². The van der Waals surface area contributed by atoms with Crippen LogP contribution >= 0.6 is 0 Å². The Labute approximate surface area is 146 Å². The summed E-state index contributed by atoms with van der Waals surface area (Å²) < 4.78 is 0. The molecule has 0 saturated heterocycles. The molecule has 5 heteroatoms. The average Bonchev–Trinajstić information content (AvgIpc) is 2.59. The highest BCUT2D eigenvalue weighted by Crippen LogP contribution is 2.28. The minimum absolute atomic E-state index is 0.00957. The van der Waals surface area contributed by atoms with E-state index >= 15 is 0 Å². The van der Waals surface area contributed by atoms with Crippen LogP contribution in [0.2, 0.25) is 0 Å². The first-order chi connectivity index (χ1) is 12.0. The van der Waals surface area contributed by atoms with Crippen LogP contribution in [0.5, 0.6) is 5.75 Å². The van der Waals surface area contributed by atoms with E-state index in [1.807, 2.05) is 18.2 Å². The van der Waals surface area contributed by atoms with Crippen LogP contribution in [0.1, 0.15) is 22.8 Å². The Balaban J connectivity index is 1.65. The van der Waals surface area contributed by atoms with E-state index in [1.165, 1.54) is 17.7 Å². The zero-order valence-corrected chi connectivity index (χ0v) is 13.8. The molecule has 0 saturated carbocycles. The van der Waals surface area contributed by atoms with Crippen LogP contribution in [-0.2, 0) is 6.42 Å². The van der Waals surface area contributed by atoms with E-state index in [0.29, 0.717) is 23.0 Å². The Bertz CT molecular complexity index is 934. The molecule has 4 N–H and O–H groups in total. The zero-order valence-electron chi connectivity index (χ0n) is 13.8. The van der Waals surface area contributed by atoms with Crippen LogP contribution in [0, 0.1) is 6.92 Å². The third-order valence-corrected chi connectivity index (χ3v) is 4.19. The van der Waals surface area contributed by atoms with E-state index in [2.05, 4.69) is 23.3 Å². The third-order valence-electron chi connectivity index (χ3n) is 4.19. The molecule has 0 aliphatic carbocycles. The Morgan fingerprint density at radius 2 is 2.00 bits per heavy atom. The summed E-state index contributed by atoms with van der Waals surface area (Å²) in [7, 11) is 0. The maximum atomic E-state index is 11.4. The monoisotopic (exact) mass is 337 g/mol. The number of H-pyrrole nitrogens is 1. The molecule has 0 aliphatic rings. The summed E-state index contributed by atoms with van der Waals surface area (Å²) >= 11 is 0. The van der Waals surface area contributed by atoms with Gasteiger partial charge in [0.15, 0.2) is 0 Å². The van der Waals surface area contributed by atoms with E-state index in [0.717, 1.165) is 18.5 Å². The second-order valence-electron chi connectivity index (χ2n) is 6.08. The first-order valence-corrected chi connectivity index (χ1v) is 8.19. The standard InChI is InChI=1S/C20H21N2O3/c1-13-3-2-4-14(11-13)9-10-21-12-18(24)15-5-7-17(23)20-16(15)6-8-19(25)22-20/h2-8,11,18,21,23-24H,1,9-10,12H2,(H,22,25)/t18-/m0/s1. The molecule has 1 atom stereocenters. The van der Waals surface area contributed by atoms with Gasteiger partial charge in [0, 0.05) is 18.0 Å². The van der Waals surface area contributed by atoms with E-state index in [-0.39, 0.29) is 11.3 Å². The normalized spacial score (nSPS) is 12.4. The molecule has 1 aromatic heterocycles. The molecule has 25 heavy (non-hydrogen) atoms. The molecule has 2 aromatic carbocycles. The lowest BCUT2D eigenvalue weighted by Gasteiger charge is -2.15. The van der Waals surface area contributed by atoms with Crippen LogP contribution in [0.15, 0.2) is 53.3 Å². The van der Waals surface area contributed by atoms with E-state index in [9.17, 15) is 15.0 Å². The number of nitrogens with one attached hydrogen (secondary N) is 2. The Kier molecular flexibility index (Phi) is 5.16. The number of phenolic OH excluding ortho intramolecular Hbond substituents is 1. The highest BCUT2D eigenvalue weighted by Gasteiger charge is 2.13. The van der Waals surface area contributed by atoms with Crippen LogP contribution in [0.3, 0.4) is 0 Å². The van der Waals surface area contributed by atoms with Gasteiger partial charge in [0.05, 0.1) is 11.6 Å². The average molecular weight is 337 g/mol. The number of phenols is 1. The van der Waals surface area contributed by atoms with Gasteiger partial charge in [-0.3, -0.25) is 4.79 Å². The predicted octanol–water partition coefficient (Wildman–Crippen LogP) is 2.28. The number of aromatic nitrogens is 1. The van der Waals surface area contributed by atoms with Gasteiger partial charge in [0.1, 0.15) is 5.75 Å². The minimum atomic E-state index is -0.742. The fraction of sp³-hybridized carbons (Fsp3) is 0.200. The van der Waals surface area contributed by atoms with Crippen molar-refractivity contribution < 1.29 is 10.2 Å². The summed E-state index contributed by atoms with van der Waals surface area (Å²) in [6.45, 7) is 5.02. The largest absolute Gasteiger partial charge is 0.506 e. The zero-order chi connectivity index (χ0) is 17.8. The second kappa shape index (κ2) is 7.51. The third kappa shape index (κ3) is 4.07. The van der Waals surface area contributed by atoms with Gasteiger partial charge in [-0.15, -0.1) is 0 Å². The number of rotatable bonds is 6. The van der Waals surface area contributed by atoms with Gasteiger partial charge in [-0.25, -0.2) is 0 Å². The van der Waals surface area contributed by atoms with Crippen LogP contribution in [0.4, 0.5) is 0 Å². The topological polar surface area (TPSA) is 85.3 Å². The number of benzene rings is 2. The highest BCUT2D eigenvalue weighted by molar-refractivity contribution is 5.87. The maximum absolute atomic E-state index is 11.4. The van der Waals surface area contributed by atoms with Crippen molar-refractivity contribution in [2.45, 2.75) is 12.5 Å². The van der Waals surface area contributed by atoms with Crippen molar-refractivity contribution >= 4 is 10.9 Å². The molecule has 0 unspecified atom stereocenters. The van der Waals surface area contributed by atoms with Gasteiger partial charge in [0.2, 0.25) is 5.56 Å². The van der Waals surface area contributed by atoms with Gasteiger partial charge in [0.25, 0.3) is 0 Å². The minimum Gasteiger partial charge on any atom is -0.506 e. The molecule has 3 rings (SSSR count). The lowest BCUT2D eigenvalue weighted by Crippen LogP contribution is -2.24. The lowest BCUT2D eigenvalue weighted by atomic mass is 10.0.